The minimum Gasteiger partial charge on any atom is -0.379 e. The molecule has 0 bridgehead atoms. The molecule has 0 radical (unpaired) electrons. The number of hydroxylamine groups is 2. The maximum atomic E-state index is 11.5. The first-order valence-electron chi connectivity index (χ1n) is 5.84. The van der Waals surface area contributed by atoms with Crippen LogP contribution in [0.1, 0.15) is 6.42 Å². The fraction of sp³-hybridized carbons (Fsp3) is 0.900. The van der Waals surface area contributed by atoms with Gasteiger partial charge < -0.3 is 10.1 Å². The Hall–Kier alpha value is -0.850. The quantitative estimate of drug-likeness (QED) is 0.719. The van der Waals surface area contributed by atoms with Crippen LogP contribution >= 0.6 is 0 Å². The van der Waals surface area contributed by atoms with Crippen molar-refractivity contribution in [2.45, 2.75) is 6.42 Å². The second-order valence-corrected chi connectivity index (χ2v) is 3.97. The zero-order valence-corrected chi connectivity index (χ0v) is 9.48. The summed E-state index contributed by atoms with van der Waals surface area (Å²) < 4.78 is 5.25. The van der Waals surface area contributed by atoms with Crippen molar-refractivity contribution >= 4 is 6.03 Å². The monoisotopic (exact) mass is 229 g/mol. The number of ether oxygens (including phenoxy) is 1. The van der Waals surface area contributed by atoms with Gasteiger partial charge >= 0.3 is 6.03 Å². The van der Waals surface area contributed by atoms with Crippen molar-refractivity contribution in [3.05, 3.63) is 0 Å². The normalized spacial score (nSPS) is 22.4. The Labute approximate surface area is 95.4 Å². The van der Waals surface area contributed by atoms with Crippen molar-refractivity contribution in [3.63, 3.8) is 0 Å². The van der Waals surface area contributed by atoms with E-state index < -0.39 is 0 Å². The summed E-state index contributed by atoms with van der Waals surface area (Å²) in [5.41, 5.74) is 0. The van der Waals surface area contributed by atoms with Gasteiger partial charge in [-0.2, -0.15) is 0 Å². The van der Waals surface area contributed by atoms with Gasteiger partial charge in [0.1, 0.15) is 0 Å². The lowest BCUT2D eigenvalue weighted by Gasteiger charge is -2.26. The summed E-state index contributed by atoms with van der Waals surface area (Å²) in [5, 5.41) is 4.25. The van der Waals surface area contributed by atoms with Gasteiger partial charge in [0.15, 0.2) is 0 Å². The molecule has 2 saturated heterocycles. The van der Waals surface area contributed by atoms with Gasteiger partial charge in [0.25, 0.3) is 0 Å². The van der Waals surface area contributed by atoms with Crippen molar-refractivity contribution < 1.29 is 14.4 Å². The molecule has 92 valence electrons. The lowest BCUT2D eigenvalue weighted by atomic mass is 10.4. The summed E-state index contributed by atoms with van der Waals surface area (Å²) in [6.45, 7) is 6.39. The third-order valence-corrected chi connectivity index (χ3v) is 2.79. The highest BCUT2D eigenvalue weighted by Gasteiger charge is 2.18. The van der Waals surface area contributed by atoms with Crippen LogP contribution in [-0.4, -0.2) is 68.5 Å². The Kier molecular flexibility index (Phi) is 4.38. The van der Waals surface area contributed by atoms with E-state index in [4.69, 9.17) is 9.57 Å². The van der Waals surface area contributed by atoms with Crippen molar-refractivity contribution in [2.75, 3.05) is 52.5 Å². The van der Waals surface area contributed by atoms with Gasteiger partial charge in [-0.15, -0.1) is 0 Å². The van der Waals surface area contributed by atoms with Crippen LogP contribution in [0.3, 0.4) is 0 Å². The van der Waals surface area contributed by atoms with Crippen LogP contribution < -0.4 is 5.32 Å². The molecule has 0 aromatic rings. The third kappa shape index (κ3) is 3.33. The van der Waals surface area contributed by atoms with E-state index in [1.54, 1.807) is 0 Å². The fourth-order valence-electron chi connectivity index (χ4n) is 1.84. The molecule has 1 N–H and O–H groups in total. The Morgan fingerprint density at radius 2 is 2.00 bits per heavy atom. The van der Waals surface area contributed by atoms with Crippen molar-refractivity contribution in [1.82, 2.24) is 15.3 Å². The summed E-state index contributed by atoms with van der Waals surface area (Å²) in [4.78, 5) is 19.0. The third-order valence-electron chi connectivity index (χ3n) is 2.79. The molecule has 2 heterocycles. The number of carbonyl (C=O) groups is 1. The first kappa shape index (κ1) is 11.6. The number of urea groups is 1. The van der Waals surface area contributed by atoms with Crippen LogP contribution in [-0.2, 0) is 9.57 Å². The Balaban J connectivity index is 1.57. The molecule has 2 rings (SSSR count). The van der Waals surface area contributed by atoms with Gasteiger partial charge in [0.2, 0.25) is 0 Å². The maximum Gasteiger partial charge on any atom is 0.341 e. The van der Waals surface area contributed by atoms with Crippen LogP contribution in [0.4, 0.5) is 4.79 Å². The van der Waals surface area contributed by atoms with Crippen LogP contribution in [0.25, 0.3) is 0 Å². The first-order chi connectivity index (χ1) is 7.86. The number of morpholine rings is 1. The largest absolute Gasteiger partial charge is 0.379 e. The van der Waals surface area contributed by atoms with Gasteiger partial charge in [-0.3, -0.25) is 9.74 Å². The minimum absolute atomic E-state index is 0.120. The molecule has 2 aliphatic heterocycles. The second kappa shape index (κ2) is 6.03. The molecule has 16 heavy (non-hydrogen) atoms. The van der Waals surface area contributed by atoms with Crippen molar-refractivity contribution in [1.29, 1.82) is 0 Å². The van der Waals surface area contributed by atoms with Crippen LogP contribution in [0.5, 0.6) is 0 Å². The van der Waals surface area contributed by atoms with E-state index in [2.05, 4.69) is 10.2 Å². The van der Waals surface area contributed by atoms with Gasteiger partial charge in [0.05, 0.1) is 26.4 Å². The van der Waals surface area contributed by atoms with E-state index in [0.29, 0.717) is 19.7 Å². The highest BCUT2D eigenvalue weighted by Crippen LogP contribution is 2.03. The summed E-state index contributed by atoms with van der Waals surface area (Å²) in [6, 6.07) is -0.120. The molecule has 0 spiro atoms. The lowest BCUT2D eigenvalue weighted by Crippen LogP contribution is -2.44. The van der Waals surface area contributed by atoms with Gasteiger partial charge in [-0.1, -0.05) is 0 Å². The predicted octanol–water partition coefficient (Wildman–Crippen LogP) is -0.334. The van der Waals surface area contributed by atoms with Crippen molar-refractivity contribution in [2.24, 2.45) is 0 Å². The first-order valence-corrected chi connectivity index (χ1v) is 5.84. The number of hydrogen-bond donors (Lipinski definition) is 1. The Bertz CT molecular complexity index is 225. The van der Waals surface area contributed by atoms with E-state index >= 15 is 0 Å². The van der Waals surface area contributed by atoms with Gasteiger partial charge in [0, 0.05) is 26.2 Å². The van der Waals surface area contributed by atoms with Gasteiger partial charge in [-0.25, -0.2) is 9.86 Å². The standard InChI is InChI=1S/C10H19N3O3/c14-10(13-3-1-7-16-13)11-2-4-12-5-8-15-9-6-12/h1-9H2,(H,11,14). The Morgan fingerprint density at radius 3 is 2.69 bits per heavy atom. The second-order valence-electron chi connectivity index (χ2n) is 3.97. The number of rotatable bonds is 3. The number of nitrogens with one attached hydrogen (secondary N) is 1. The summed E-state index contributed by atoms with van der Waals surface area (Å²) in [7, 11) is 0. The summed E-state index contributed by atoms with van der Waals surface area (Å²) in [5.74, 6) is 0. The highest BCUT2D eigenvalue weighted by atomic mass is 16.7. The number of carbonyl (C=O) groups excluding carboxylic acids is 1. The molecule has 2 aliphatic rings. The van der Waals surface area contributed by atoms with Crippen molar-refractivity contribution in [3.8, 4) is 0 Å². The minimum atomic E-state index is -0.120. The highest BCUT2D eigenvalue weighted by molar-refractivity contribution is 5.73. The molecule has 2 amide bonds. The predicted molar refractivity (Wildman–Crippen MR) is 57.9 cm³/mol. The maximum absolute atomic E-state index is 11.5. The fourth-order valence-corrected chi connectivity index (χ4v) is 1.84. The summed E-state index contributed by atoms with van der Waals surface area (Å²) >= 11 is 0. The van der Waals surface area contributed by atoms with Crippen LogP contribution in [0, 0.1) is 0 Å². The molecular formula is C10H19N3O3. The molecule has 0 unspecified atom stereocenters. The zero-order chi connectivity index (χ0) is 11.2. The smallest absolute Gasteiger partial charge is 0.341 e. The molecule has 0 atom stereocenters. The van der Waals surface area contributed by atoms with Gasteiger partial charge in [-0.05, 0) is 6.42 Å². The Morgan fingerprint density at radius 1 is 1.19 bits per heavy atom. The number of amides is 2. The number of nitrogens with zero attached hydrogens (tertiary/aromatic N) is 2. The molecule has 2 fully saturated rings. The average Bonchev–Trinajstić information content (AvgIpc) is 2.84. The molecule has 0 aliphatic carbocycles. The molecule has 6 nitrogen and oxygen atoms in total. The molecule has 0 saturated carbocycles. The van der Waals surface area contributed by atoms with E-state index in [1.165, 1.54) is 5.06 Å². The molecular weight excluding hydrogens is 210 g/mol. The SMILES string of the molecule is O=C(NCCN1CCOCC1)N1CCCO1. The van der Waals surface area contributed by atoms with Crippen LogP contribution in [0.15, 0.2) is 0 Å². The number of hydrogen-bond acceptors (Lipinski definition) is 4. The average molecular weight is 229 g/mol. The topological polar surface area (TPSA) is 54.0 Å². The molecule has 6 heteroatoms. The summed E-state index contributed by atoms with van der Waals surface area (Å²) in [6.07, 6.45) is 0.927. The molecule has 0 aromatic heterocycles. The zero-order valence-electron chi connectivity index (χ0n) is 9.48. The molecule has 0 aromatic carbocycles. The van der Waals surface area contributed by atoms with E-state index in [9.17, 15) is 4.79 Å². The van der Waals surface area contributed by atoms with E-state index in [0.717, 1.165) is 39.3 Å². The van der Waals surface area contributed by atoms with E-state index in [1.807, 2.05) is 0 Å². The lowest BCUT2D eigenvalue weighted by molar-refractivity contribution is -0.0664. The van der Waals surface area contributed by atoms with Crippen LogP contribution in [0.2, 0.25) is 0 Å². The van der Waals surface area contributed by atoms with E-state index in [-0.39, 0.29) is 6.03 Å².